The molecule has 1 aliphatic heterocycles. The van der Waals surface area contributed by atoms with Crippen molar-refractivity contribution in [2.45, 2.75) is 32.2 Å². The molecule has 0 bridgehead atoms. The summed E-state index contributed by atoms with van der Waals surface area (Å²) < 4.78 is 30.2. The number of anilines is 2. The van der Waals surface area contributed by atoms with E-state index in [0.717, 1.165) is 18.6 Å². The summed E-state index contributed by atoms with van der Waals surface area (Å²) in [5.74, 6) is -0.778. The fourth-order valence-corrected chi connectivity index (χ4v) is 4.43. The number of hydrogen-bond donors (Lipinski definition) is 1. The smallest absolute Gasteiger partial charge is 0.276 e. The normalized spacial score (nSPS) is 18.1. The highest BCUT2D eigenvalue weighted by Gasteiger charge is 2.41. The molecule has 1 fully saturated rings. The van der Waals surface area contributed by atoms with Gasteiger partial charge in [0.25, 0.3) is 5.91 Å². The van der Waals surface area contributed by atoms with E-state index in [9.17, 15) is 13.6 Å². The number of carbonyl (C=O) groups is 1. The van der Waals surface area contributed by atoms with E-state index in [1.165, 1.54) is 24.7 Å². The standard InChI is InChI=1S/C23H21F2N7O/c1-14-20(27-9-8-26-14)22(33)29-18-13-28-32-11-6-19(30-21(18)32)31-10-3-7-23(31,2)16-12-15(24)4-5-17(16)25/h4-6,8-9,11-13H,3,7,10H2,1-2H3,(H,29,33)/t23-/m1/s1. The van der Waals surface area contributed by atoms with Crippen LogP contribution >= 0.6 is 0 Å². The maximum absolute atomic E-state index is 14.7. The molecule has 1 aliphatic rings. The molecule has 5 rings (SSSR count). The van der Waals surface area contributed by atoms with Crippen molar-refractivity contribution >= 4 is 23.1 Å². The van der Waals surface area contributed by atoms with Crippen molar-refractivity contribution < 1.29 is 13.6 Å². The second kappa shape index (κ2) is 7.88. The van der Waals surface area contributed by atoms with Crippen LogP contribution in [0.4, 0.5) is 20.3 Å². The van der Waals surface area contributed by atoms with Gasteiger partial charge < -0.3 is 10.2 Å². The molecule has 10 heteroatoms. The second-order valence-electron chi connectivity index (χ2n) is 8.21. The van der Waals surface area contributed by atoms with Crippen molar-refractivity contribution in [3.63, 3.8) is 0 Å². The molecule has 1 aromatic carbocycles. The van der Waals surface area contributed by atoms with Gasteiger partial charge in [0, 0.05) is 30.7 Å². The first-order valence-electron chi connectivity index (χ1n) is 10.5. The highest BCUT2D eigenvalue weighted by molar-refractivity contribution is 6.05. The lowest BCUT2D eigenvalue weighted by molar-refractivity contribution is 0.102. The van der Waals surface area contributed by atoms with Gasteiger partial charge in [0.1, 0.15) is 28.8 Å². The first kappa shape index (κ1) is 20.9. The number of nitrogens with zero attached hydrogens (tertiary/aromatic N) is 6. The molecule has 4 heterocycles. The third-order valence-electron chi connectivity index (χ3n) is 6.13. The van der Waals surface area contributed by atoms with Gasteiger partial charge in [-0.3, -0.25) is 9.78 Å². The number of aryl methyl sites for hydroxylation is 1. The van der Waals surface area contributed by atoms with Crippen LogP contribution in [-0.2, 0) is 5.54 Å². The number of carbonyl (C=O) groups excluding carboxylic acids is 1. The van der Waals surface area contributed by atoms with Crippen LogP contribution in [-0.4, -0.2) is 37.0 Å². The lowest BCUT2D eigenvalue weighted by Crippen LogP contribution is -2.40. The van der Waals surface area contributed by atoms with Gasteiger partial charge in [-0.05, 0) is 51.0 Å². The molecule has 1 atom stereocenters. The van der Waals surface area contributed by atoms with E-state index < -0.39 is 23.1 Å². The number of benzene rings is 1. The highest BCUT2D eigenvalue weighted by Crippen LogP contribution is 2.42. The van der Waals surface area contributed by atoms with Gasteiger partial charge in [-0.25, -0.2) is 23.3 Å². The minimum Gasteiger partial charge on any atom is -0.347 e. The number of rotatable bonds is 4. The van der Waals surface area contributed by atoms with E-state index in [1.54, 1.807) is 23.7 Å². The Morgan fingerprint density at radius 1 is 1.18 bits per heavy atom. The van der Waals surface area contributed by atoms with Crippen LogP contribution in [0.2, 0.25) is 0 Å². The molecule has 0 radical (unpaired) electrons. The van der Waals surface area contributed by atoms with Crippen LogP contribution in [0.5, 0.6) is 0 Å². The quantitative estimate of drug-likeness (QED) is 0.509. The third kappa shape index (κ3) is 3.57. The van der Waals surface area contributed by atoms with E-state index >= 15 is 0 Å². The zero-order valence-electron chi connectivity index (χ0n) is 18.1. The van der Waals surface area contributed by atoms with Gasteiger partial charge >= 0.3 is 0 Å². The molecular formula is C23H21F2N7O. The monoisotopic (exact) mass is 449 g/mol. The average Bonchev–Trinajstić information content (AvgIpc) is 3.39. The molecule has 0 unspecified atom stereocenters. The third-order valence-corrected chi connectivity index (χ3v) is 6.13. The van der Waals surface area contributed by atoms with Crippen LogP contribution in [0.15, 0.2) is 49.1 Å². The molecule has 4 aromatic rings. The van der Waals surface area contributed by atoms with Gasteiger partial charge in [-0.2, -0.15) is 5.10 Å². The number of fused-ring (bicyclic) bond motifs is 1. The molecule has 33 heavy (non-hydrogen) atoms. The SMILES string of the molecule is Cc1nccnc1C(=O)Nc1cnn2ccc(N3CCC[C@]3(C)c3cc(F)ccc3F)nc12. The Labute approximate surface area is 188 Å². The topological polar surface area (TPSA) is 88.3 Å². The zero-order valence-corrected chi connectivity index (χ0v) is 18.1. The van der Waals surface area contributed by atoms with Crippen molar-refractivity contribution in [1.82, 2.24) is 24.6 Å². The maximum Gasteiger partial charge on any atom is 0.276 e. The summed E-state index contributed by atoms with van der Waals surface area (Å²) in [6.07, 6.45) is 7.65. The Balaban J connectivity index is 1.51. The molecule has 3 aromatic heterocycles. The first-order chi connectivity index (χ1) is 15.9. The predicted molar refractivity (Wildman–Crippen MR) is 118 cm³/mol. The minimum absolute atomic E-state index is 0.210. The number of amides is 1. The van der Waals surface area contributed by atoms with Crippen LogP contribution < -0.4 is 10.2 Å². The molecule has 168 valence electrons. The summed E-state index contributed by atoms with van der Waals surface area (Å²) in [5, 5.41) is 7.04. The summed E-state index contributed by atoms with van der Waals surface area (Å²) in [7, 11) is 0. The fourth-order valence-electron chi connectivity index (χ4n) is 4.43. The molecule has 0 saturated carbocycles. The van der Waals surface area contributed by atoms with Gasteiger partial charge in [0.2, 0.25) is 0 Å². The summed E-state index contributed by atoms with van der Waals surface area (Å²) in [6.45, 7) is 4.22. The molecule has 1 N–H and O–H groups in total. The Morgan fingerprint density at radius 2 is 2.00 bits per heavy atom. The molecule has 0 spiro atoms. The summed E-state index contributed by atoms with van der Waals surface area (Å²) in [6, 6.07) is 5.30. The van der Waals surface area contributed by atoms with Crippen molar-refractivity contribution in [2.24, 2.45) is 0 Å². The first-order valence-corrected chi connectivity index (χ1v) is 10.5. The fraction of sp³-hybridized carbons (Fsp3) is 0.261. The summed E-state index contributed by atoms with van der Waals surface area (Å²) in [5.41, 5.74) is 1.08. The number of nitrogens with one attached hydrogen (secondary N) is 1. The van der Waals surface area contributed by atoms with E-state index in [4.69, 9.17) is 4.98 Å². The Hall–Kier alpha value is -3.95. The lowest BCUT2D eigenvalue weighted by atomic mass is 9.88. The van der Waals surface area contributed by atoms with Crippen LogP contribution in [0, 0.1) is 18.6 Å². The van der Waals surface area contributed by atoms with Gasteiger partial charge in [0.05, 0.1) is 17.4 Å². The van der Waals surface area contributed by atoms with Crippen LogP contribution in [0.3, 0.4) is 0 Å². The zero-order chi connectivity index (χ0) is 23.2. The van der Waals surface area contributed by atoms with Crippen molar-refractivity contribution in [1.29, 1.82) is 0 Å². The Morgan fingerprint density at radius 3 is 2.82 bits per heavy atom. The lowest BCUT2D eigenvalue weighted by Gasteiger charge is -2.37. The van der Waals surface area contributed by atoms with Crippen molar-refractivity contribution in [3.05, 3.63) is 77.6 Å². The largest absolute Gasteiger partial charge is 0.347 e. The van der Waals surface area contributed by atoms with Gasteiger partial charge in [0.15, 0.2) is 5.65 Å². The van der Waals surface area contributed by atoms with E-state index in [2.05, 4.69) is 20.4 Å². The minimum atomic E-state index is -0.766. The number of halogens is 2. The molecule has 1 saturated heterocycles. The molecular weight excluding hydrogens is 428 g/mol. The number of aromatic nitrogens is 5. The summed E-state index contributed by atoms with van der Waals surface area (Å²) >= 11 is 0. The van der Waals surface area contributed by atoms with Gasteiger partial charge in [-0.1, -0.05) is 0 Å². The second-order valence-corrected chi connectivity index (χ2v) is 8.21. The predicted octanol–water partition coefficient (Wildman–Crippen LogP) is 3.87. The molecule has 1 amide bonds. The van der Waals surface area contributed by atoms with E-state index in [1.807, 2.05) is 11.8 Å². The average molecular weight is 449 g/mol. The highest BCUT2D eigenvalue weighted by atomic mass is 19.1. The molecule has 8 nitrogen and oxygen atoms in total. The van der Waals surface area contributed by atoms with E-state index in [-0.39, 0.29) is 5.69 Å². The Kier molecular flexibility index (Phi) is 4.99. The van der Waals surface area contributed by atoms with Gasteiger partial charge in [-0.15, -0.1) is 0 Å². The van der Waals surface area contributed by atoms with Crippen molar-refractivity contribution in [3.8, 4) is 0 Å². The van der Waals surface area contributed by atoms with Crippen LogP contribution in [0.1, 0.15) is 41.5 Å². The van der Waals surface area contributed by atoms with E-state index in [0.29, 0.717) is 41.4 Å². The maximum atomic E-state index is 14.7. The molecule has 0 aliphatic carbocycles. The number of hydrogen-bond acceptors (Lipinski definition) is 6. The van der Waals surface area contributed by atoms with Crippen molar-refractivity contribution in [2.75, 3.05) is 16.8 Å². The van der Waals surface area contributed by atoms with Crippen LogP contribution in [0.25, 0.3) is 5.65 Å². The summed E-state index contributed by atoms with van der Waals surface area (Å²) in [4.78, 5) is 27.6. The Bertz CT molecular complexity index is 1370.